The molecule has 0 bridgehead atoms. The van der Waals surface area contributed by atoms with Crippen molar-refractivity contribution in [2.75, 3.05) is 5.32 Å². The molecule has 1 heterocycles. The second-order valence-corrected chi connectivity index (χ2v) is 5.50. The second-order valence-electron chi connectivity index (χ2n) is 5.50. The highest BCUT2D eigenvalue weighted by atomic mass is 19.1. The molecular weight excluding hydrogens is 305 g/mol. The Morgan fingerprint density at radius 2 is 1.83 bits per heavy atom. The van der Waals surface area contributed by atoms with Gasteiger partial charge in [0.25, 0.3) is 5.91 Å². The van der Waals surface area contributed by atoms with Gasteiger partial charge in [-0.1, -0.05) is 31.5 Å². The van der Waals surface area contributed by atoms with Gasteiger partial charge in [-0.25, -0.2) is 4.39 Å². The third-order valence-corrected chi connectivity index (χ3v) is 3.73. The monoisotopic (exact) mass is 323 g/mol. The average Bonchev–Trinajstić information content (AvgIpc) is 2.99. The van der Waals surface area contributed by atoms with Gasteiger partial charge in [0, 0.05) is 11.1 Å². The fraction of sp³-hybridized carbons (Fsp3) is 0.158. The number of aryl methyl sites for hydroxylation is 1. The van der Waals surface area contributed by atoms with Gasteiger partial charge in [-0.15, -0.1) is 0 Å². The van der Waals surface area contributed by atoms with Crippen LogP contribution >= 0.6 is 0 Å². The molecule has 0 radical (unpaired) electrons. The minimum atomic E-state index is -0.307. The molecule has 0 unspecified atom stereocenters. The van der Waals surface area contributed by atoms with E-state index in [0.717, 1.165) is 24.1 Å². The van der Waals surface area contributed by atoms with Gasteiger partial charge in [0.2, 0.25) is 0 Å². The fourth-order valence-electron chi connectivity index (χ4n) is 2.54. The molecule has 2 aromatic carbocycles. The first kappa shape index (κ1) is 15.9. The first-order valence-electron chi connectivity index (χ1n) is 7.88. The zero-order chi connectivity index (χ0) is 16.9. The van der Waals surface area contributed by atoms with E-state index in [4.69, 9.17) is 0 Å². The van der Waals surface area contributed by atoms with Crippen LogP contribution in [0.1, 0.15) is 29.4 Å². The summed E-state index contributed by atoms with van der Waals surface area (Å²) in [6.45, 7) is 2.06. The van der Waals surface area contributed by atoms with Crippen LogP contribution in [0, 0.1) is 5.82 Å². The molecule has 2 N–H and O–H groups in total. The van der Waals surface area contributed by atoms with E-state index in [9.17, 15) is 9.18 Å². The zero-order valence-corrected chi connectivity index (χ0v) is 13.3. The van der Waals surface area contributed by atoms with Gasteiger partial charge in [-0.3, -0.25) is 9.89 Å². The molecule has 1 amide bonds. The van der Waals surface area contributed by atoms with E-state index in [1.165, 1.54) is 12.1 Å². The van der Waals surface area contributed by atoms with Crippen LogP contribution in [0.2, 0.25) is 0 Å². The summed E-state index contributed by atoms with van der Waals surface area (Å²) >= 11 is 0. The lowest BCUT2D eigenvalue weighted by atomic mass is 10.1. The molecule has 122 valence electrons. The molecule has 0 saturated carbocycles. The van der Waals surface area contributed by atoms with Gasteiger partial charge in [-0.2, -0.15) is 5.10 Å². The number of aromatic nitrogens is 2. The Morgan fingerprint density at radius 1 is 1.12 bits per heavy atom. The molecule has 5 heteroatoms. The number of amides is 1. The van der Waals surface area contributed by atoms with Crippen LogP contribution in [0.4, 0.5) is 10.1 Å². The lowest BCUT2D eigenvalue weighted by molar-refractivity contribution is 0.102. The largest absolute Gasteiger partial charge is 0.319 e. The Kier molecular flexibility index (Phi) is 4.70. The lowest BCUT2D eigenvalue weighted by Crippen LogP contribution is -2.13. The predicted octanol–water partition coefficient (Wildman–Crippen LogP) is 4.42. The van der Waals surface area contributed by atoms with E-state index in [2.05, 4.69) is 22.4 Å². The third-order valence-electron chi connectivity index (χ3n) is 3.73. The van der Waals surface area contributed by atoms with Gasteiger partial charge in [-0.05, 0) is 42.8 Å². The quantitative estimate of drug-likeness (QED) is 0.730. The molecular formula is C19H18FN3O. The molecule has 4 nitrogen and oxygen atoms in total. The summed E-state index contributed by atoms with van der Waals surface area (Å²) in [5.41, 5.74) is 3.45. The molecule has 0 aliphatic heterocycles. The number of nitrogens with zero attached hydrogens (tertiary/aromatic N) is 1. The number of H-pyrrole nitrogens is 1. The summed E-state index contributed by atoms with van der Waals surface area (Å²) in [7, 11) is 0. The molecule has 0 aliphatic carbocycles. The molecule has 0 saturated heterocycles. The number of carbonyl (C=O) groups is 1. The van der Waals surface area contributed by atoms with Crippen molar-refractivity contribution in [3.63, 3.8) is 0 Å². The maximum atomic E-state index is 13.2. The standard InChI is InChI=1S/C19H18FN3O/c1-2-6-16-18(21-19(24)14-7-4-3-5-8-14)17(23-22-16)13-9-11-15(20)12-10-13/h3-5,7-12H,2,6H2,1H3,(H,21,24)(H,22,23). The minimum absolute atomic E-state index is 0.197. The highest BCUT2D eigenvalue weighted by Crippen LogP contribution is 2.30. The predicted molar refractivity (Wildman–Crippen MR) is 92.4 cm³/mol. The van der Waals surface area contributed by atoms with Gasteiger partial charge >= 0.3 is 0 Å². The SMILES string of the molecule is CCCc1[nH]nc(-c2ccc(F)cc2)c1NC(=O)c1ccccc1. The molecule has 1 aromatic heterocycles. The van der Waals surface area contributed by atoms with Crippen molar-refractivity contribution in [1.82, 2.24) is 10.2 Å². The summed E-state index contributed by atoms with van der Waals surface area (Å²) in [6.07, 6.45) is 1.68. The highest BCUT2D eigenvalue weighted by molar-refractivity contribution is 6.06. The van der Waals surface area contributed by atoms with Gasteiger partial charge in [0.15, 0.2) is 0 Å². The van der Waals surface area contributed by atoms with Crippen molar-refractivity contribution < 1.29 is 9.18 Å². The molecule has 0 fully saturated rings. The summed E-state index contributed by atoms with van der Waals surface area (Å²) in [6, 6.07) is 15.1. The maximum Gasteiger partial charge on any atom is 0.255 e. The molecule has 3 aromatic rings. The van der Waals surface area contributed by atoms with Crippen LogP contribution in [0.15, 0.2) is 54.6 Å². The molecule has 0 aliphatic rings. The van der Waals surface area contributed by atoms with Crippen molar-refractivity contribution in [2.24, 2.45) is 0 Å². The van der Waals surface area contributed by atoms with Crippen LogP contribution in [0.25, 0.3) is 11.3 Å². The normalized spacial score (nSPS) is 10.6. The summed E-state index contributed by atoms with van der Waals surface area (Å²) in [4.78, 5) is 12.5. The number of benzene rings is 2. The maximum absolute atomic E-state index is 13.2. The minimum Gasteiger partial charge on any atom is -0.319 e. The number of halogens is 1. The third kappa shape index (κ3) is 3.35. The molecule has 0 spiro atoms. The van der Waals surface area contributed by atoms with E-state index in [-0.39, 0.29) is 11.7 Å². The van der Waals surface area contributed by atoms with Crippen LogP contribution < -0.4 is 5.32 Å². The molecule has 3 rings (SSSR count). The first-order valence-corrected chi connectivity index (χ1v) is 7.88. The van der Waals surface area contributed by atoms with Gasteiger partial charge in [0.1, 0.15) is 11.5 Å². The van der Waals surface area contributed by atoms with Crippen LogP contribution in [0.5, 0.6) is 0 Å². The topological polar surface area (TPSA) is 57.8 Å². The first-order chi connectivity index (χ1) is 11.7. The Morgan fingerprint density at radius 3 is 2.50 bits per heavy atom. The Bertz CT molecular complexity index is 826. The van der Waals surface area contributed by atoms with E-state index in [1.807, 2.05) is 18.2 Å². The number of carbonyl (C=O) groups excluding carboxylic acids is 1. The second kappa shape index (κ2) is 7.08. The highest BCUT2D eigenvalue weighted by Gasteiger charge is 2.17. The van der Waals surface area contributed by atoms with E-state index >= 15 is 0 Å². The smallest absolute Gasteiger partial charge is 0.255 e. The number of hydrogen-bond donors (Lipinski definition) is 2. The van der Waals surface area contributed by atoms with Crippen LogP contribution in [0.3, 0.4) is 0 Å². The zero-order valence-electron chi connectivity index (χ0n) is 13.3. The van der Waals surface area contributed by atoms with Gasteiger partial charge < -0.3 is 5.32 Å². The Hall–Kier alpha value is -2.95. The molecule has 0 atom stereocenters. The summed E-state index contributed by atoms with van der Waals surface area (Å²) < 4.78 is 13.2. The number of aromatic amines is 1. The van der Waals surface area contributed by atoms with E-state index in [1.54, 1.807) is 24.3 Å². The Balaban J connectivity index is 1.96. The van der Waals surface area contributed by atoms with E-state index < -0.39 is 0 Å². The number of anilines is 1. The van der Waals surface area contributed by atoms with E-state index in [0.29, 0.717) is 16.9 Å². The van der Waals surface area contributed by atoms with Crippen LogP contribution in [-0.2, 0) is 6.42 Å². The van der Waals surface area contributed by atoms with Crippen molar-refractivity contribution in [2.45, 2.75) is 19.8 Å². The molecule has 24 heavy (non-hydrogen) atoms. The summed E-state index contributed by atoms with van der Waals surface area (Å²) in [5.74, 6) is -0.504. The van der Waals surface area contributed by atoms with Crippen LogP contribution in [-0.4, -0.2) is 16.1 Å². The van der Waals surface area contributed by atoms with Crippen molar-refractivity contribution in [1.29, 1.82) is 0 Å². The average molecular weight is 323 g/mol. The number of rotatable bonds is 5. The number of hydrogen-bond acceptors (Lipinski definition) is 2. The van der Waals surface area contributed by atoms with Crippen molar-refractivity contribution >= 4 is 11.6 Å². The lowest BCUT2D eigenvalue weighted by Gasteiger charge is -2.08. The number of nitrogens with one attached hydrogen (secondary N) is 2. The summed E-state index contributed by atoms with van der Waals surface area (Å²) in [5, 5.41) is 10.3. The van der Waals surface area contributed by atoms with Crippen molar-refractivity contribution in [3.05, 3.63) is 71.7 Å². The van der Waals surface area contributed by atoms with Gasteiger partial charge in [0.05, 0.1) is 11.4 Å². The Labute approximate surface area is 139 Å². The van der Waals surface area contributed by atoms with Crippen molar-refractivity contribution in [3.8, 4) is 11.3 Å². The fourth-order valence-corrected chi connectivity index (χ4v) is 2.54.